The first kappa shape index (κ1) is 10.1. The molecule has 15 heavy (non-hydrogen) atoms. The van der Waals surface area contributed by atoms with Crippen LogP contribution < -0.4 is 0 Å². The number of fused-ring (bicyclic) bond motifs is 1. The van der Waals surface area contributed by atoms with Gasteiger partial charge < -0.3 is 10.1 Å². The number of H-pyrrole nitrogens is 1. The molecule has 2 aromatic rings. The van der Waals surface area contributed by atoms with E-state index in [0.29, 0.717) is 0 Å². The normalized spacial score (nSPS) is 12.9. The highest BCUT2D eigenvalue weighted by Crippen LogP contribution is 2.28. The van der Waals surface area contributed by atoms with Gasteiger partial charge in [0.1, 0.15) is 5.25 Å². The van der Waals surface area contributed by atoms with E-state index in [1.54, 1.807) is 6.26 Å². The zero-order chi connectivity index (χ0) is 10.8. The predicted octanol–water partition coefficient (Wildman–Crippen LogP) is 2.66. The second-order valence-electron chi connectivity index (χ2n) is 3.27. The van der Waals surface area contributed by atoms with Crippen LogP contribution in [0.5, 0.6) is 0 Å². The minimum Gasteiger partial charge on any atom is -0.480 e. The van der Waals surface area contributed by atoms with Crippen molar-refractivity contribution in [1.29, 1.82) is 0 Å². The van der Waals surface area contributed by atoms with Crippen LogP contribution >= 0.6 is 11.8 Å². The van der Waals surface area contributed by atoms with Crippen molar-refractivity contribution in [2.24, 2.45) is 0 Å². The van der Waals surface area contributed by atoms with E-state index in [4.69, 9.17) is 5.11 Å². The molecule has 0 saturated carbocycles. The summed E-state index contributed by atoms with van der Waals surface area (Å²) in [5, 5.41) is 9.54. The zero-order valence-electron chi connectivity index (χ0n) is 8.23. The van der Waals surface area contributed by atoms with Crippen molar-refractivity contribution in [2.45, 2.75) is 5.25 Å². The molecule has 1 aromatic heterocycles. The average molecular weight is 221 g/mol. The van der Waals surface area contributed by atoms with Crippen molar-refractivity contribution in [1.82, 2.24) is 4.98 Å². The lowest BCUT2D eigenvalue weighted by Gasteiger charge is -2.05. The van der Waals surface area contributed by atoms with E-state index >= 15 is 0 Å². The van der Waals surface area contributed by atoms with E-state index < -0.39 is 11.2 Å². The molecule has 1 heterocycles. The van der Waals surface area contributed by atoms with Gasteiger partial charge in [0.25, 0.3) is 0 Å². The number of nitrogens with one attached hydrogen (secondary N) is 1. The Morgan fingerprint density at radius 1 is 1.47 bits per heavy atom. The number of aliphatic carboxylic acids is 1. The third-order valence-electron chi connectivity index (χ3n) is 2.29. The molecule has 1 aromatic carbocycles. The fraction of sp³-hybridized carbons (Fsp3) is 0.182. The summed E-state index contributed by atoms with van der Waals surface area (Å²) in [7, 11) is 0. The van der Waals surface area contributed by atoms with Gasteiger partial charge >= 0.3 is 5.97 Å². The van der Waals surface area contributed by atoms with E-state index in [0.717, 1.165) is 16.6 Å². The van der Waals surface area contributed by atoms with Gasteiger partial charge in [0, 0.05) is 11.2 Å². The third kappa shape index (κ3) is 1.85. The highest BCUT2D eigenvalue weighted by atomic mass is 32.2. The van der Waals surface area contributed by atoms with Gasteiger partial charge in [-0.25, -0.2) is 0 Å². The number of carbonyl (C=O) groups is 1. The van der Waals surface area contributed by atoms with Crippen LogP contribution in [0, 0.1) is 0 Å². The van der Waals surface area contributed by atoms with Crippen LogP contribution in [0.25, 0.3) is 10.9 Å². The molecule has 0 aliphatic carbocycles. The maximum atomic E-state index is 11.0. The van der Waals surface area contributed by atoms with Gasteiger partial charge in [0.15, 0.2) is 0 Å². The number of thioether (sulfide) groups is 1. The summed E-state index contributed by atoms with van der Waals surface area (Å²) >= 11 is 1.32. The Kier molecular flexibility index (Phi) is 2.68. The van der Waals surface area contributed by atoms with Gasteiger partial charge in [-0.05, 0) is 23.8 Å². The van der Waals surface area contributed by atoms with Gasteiger partial charge in [-0.2, -0.15) is 0 Å². The van der Waals surface area contributed by atoms with Crippen LogP contribution in [0.4, 0.5) is 0 Å². The monoisotopic (exact) mass is 221 g/mol. The van der Waals surface area contributed by atoms with Crippen molar-refractivity contribution in [2.75, 3.05) is 6.26 Å². The van der Waals surface area contributed by atoms with E-state index in [-0.39, 0.29) is 0 Å². The summed E-state index contributed by atoms with van der Waals surface area (Å²) in [5.41, 5.74) is 1.73. The number of benzene rings is 1. The molecule has 4 heteroatoms. The van der Waals surface area contributed by atoms with Gasteiger partial charge in [-0.1, -0.05) is 18.2 Å². The molecule has 1 atom stereocenters. The van der Waals surface area contributed by atoms with E-state index in [1.807, 2.05) is 30.3 Å². The highest BCUT2D eigenvalue weighted by Gasteiger charge is 2.20. The Hall–Kier alpha value is -1.42. The minimum atomic E-state index is -0.811. The molecule has 0 bridgehead atoms. The smallest absolute Gasteiger partial charge is 0.322 e. The topological polar surface area (TPSA) is 53.1 Å². The molecular formula is C11H11NO2S. The van der Waals surface area contributed by atoms with Crippen molar-refractivity contribution in [3.63, 3.8) is 0 Å². The molecule has 0 aliphatic heterocycles. The van der Waals surface area contributed by atoms with Crippen LogP contribution in [-0.2, 0) is 4.79 Å². The summed E-state index contributed by atoms with van der Waals surface area (Å²) in [6.45, 7) is 0. The lowest BCUT2D eigenvalue weighted by atomic mass is 10.2. The summed E-state index contributed by atoms with van der Waals surface area (Å²) in [6.07, 6.45) is 1.80. The number of hydrogen-bond acceptors (Lipinski definition) is 2. The summed E-state index contributed by atoms with van der Waals surface area (Å²) in [4.78, 5) is 14.1. The van der Waals surface area contributed by atoms with Crippen LogP contribution in [0.1, 0.15) is 10.9 Å². The summed E-state index contributed by atoms with van der Waals surface area (Å²) in [6, 6.07) is 9.67. The number of carboxylic acids is 1. The van der Waals surface area contributed by atoms with Crippen LogP contribution in [0.2, 0.25) is 0 Å². The molecule has 0 spiro atoms. The zero-order valence-corrected chi connectivity index (χ0v) is 9.04. The van der Waals surface area contributed by atoms with E-state index in [2.05, 4.69) is 4.98 Å². The predicted molar refractivity (Wildman–Crippen MR) is 62.2 cm³/mol. The molecule has 78 valence electrons. The van der Waals surface area contributed by atoms with Crippen molar-refractivity contribution >= 4 is 28.6 Å². The molecule has 3 nitrogen and oxygen atoms in total. The molecule has 0 aliphatic rings. The Labute approximate surface area is 91.5 Å². The molecule has 0 radical (unpaired) electrons. The minimum absolute atomic E-state index is 0.516. The Morgan fingerprint density at radius 2 is 2.20 bits per heavy atom. The lowest BCUT2D eigenvalue weighted by Crippen LogP contribution is -2.07. The van der Waals surface area contributed by atoms with Crippen molar-refractivity contribution in [3.05, 3.63) is 36.0 Å². The number of para-hydroxylation sites is 1. The van der Waals surface area contributed by atoms with Gasteiger partial charge in [0.05, 0.1) is 0 Å². The quantitative estimate of drug-likeness (QED) is 0.837. The fourth-order valence-corrected chi connectivity index (χ4v) is 2.18. The molecule has 0 fully saturated rings. The average Bonchev–Trinajstić information content (AvgIpc) is 2.61. The van der Waals surface area contributed by atoms with Gasteiger partial charge in [0.2, 0.25) is 0 Å². The summed E-state index contributed by atoms with van der Waals surface area (Å²) < 4.78 is 0. The largest absolute Gasteiger partial charge is 0.480 e. The van der Waals surface area contributed by atoms with Gasteiger partial charge in [-0.3, -0.25) is 4.79 Å². The molecule has 0 saturated heterocycles. The number of aromatic amines is 1. The molecule has 1 unspecified atom stereocenters. The fourth-order valence-electron chi connectivity index (χ4n) is 1.60. The maximum absolute atomic E-state index is 11.0. The number of hydrogen-bond donors (Lipinski definition) is 2. The molecule has 0 amide bonds. The van der Waals surface area contributed by atoms with E-state index in [9.17, 15) is 4.79 Å². The molecule has 2 rings (SSSR count). The first-order valence-corrected chi connectivity index (χ1v) is 5.84. The van der Waals surface area contributed by atoms with Crippen LogP contribution in [0.3, 0.4) is 0 Å². The molecule has 2 N–H and O–H groups in total. The number of rotatable bonds is 3. The second-order valence-corrected chi connectivity index (χ2v) is 4.21. The van der Waals surface area contributed by atoms with Crippen LogP contribution in [0.15, 0.2) is 30.3 Å². The maximum Gasteiger partial charge on any atom is 0.322 e. The Bertz CT molecular complexity index is 459. The standard InChI is InChI=1S/C11H11NO2S/c1-15-10(11(13)14)9-6-7-4-2-3-5-8(7)12-9/h2-6,10,12H,1H3,(H,13,14). The Morgan fingerprint density at radius 3 is 2.80 bits per heavy atom. The van der Waals surface area contributed by atoms with Gasteiger partial charge in [-0.15, -0.1) is 11.8 Å². The second kappa shape index (κ2) is 3.98. The van der Waals surface area contributed by atoms with E-state index in [1.165, 1.54) is 11.8 Å². The SMILES string of the molecule is CSC(C(=O)O)c1cc2ccccc2[nH]1. The van der Waals surface area contributed by atoms with Crippen molar-refractivity contribution < 1.29 is 9.90 Å². The lowest BCUT2D eigenvalue weighted by molar-refractivity contribution is -0.136. The molecular weight excluding hydrogens is 210 g/mol. The first-order chi connectivity index (χ1) is 7.22. The number of aromatic nitrogens is 1. The van der Waals surface area contributed by atoms with Crippen LogP contribution in [-0.4, -0.2) is 22.3 Å². The summed E-state index contributed by atoms with van der Waals surface area (Å²) in [5.74, 6) is -0.811. The third-order valence-corrected chi connectivity index (χ3v) is 3.22. The number of carboxylic acid groups (broad SMARTS) is 1. The Balaban J connectivity index is 2.47. The highest BCUT2D eigenvalue weighted by molar-refractivity contribution is 7.99. The van der Waals surface area contributed by atoms with Crippen molar-refractivity contribution in [3.8, 4) is 0 Å². The first-order valence-electron chi connectivity index (χ1n) is 4.55.